The molecule has 32 heavy (non-hydrogen) atoms. The number of fused-ring (bicyclic) bond motifs is 1. The monoisotopic (exact) mass is 440 g/mol. The topological polar surface area (TPSA) is 89.9 Å². The summed E-state index contributed by atoms with van der Waals surface area (Å²) in [5, 5.41) is 9.35. The van der Waals surface area contributed by atoms with Crippen molar-refractivity contribution < 1.29 is 9.53 Å². The van der Waals surface area contributed by atoms with Crippen LogP contribution in [0.3, 0.4) is 0 Å². The average Bonchev–Trinajstić information content (AvgIpc) is 2.85. The minimum Gasteiger partial charge on any atom is -0.420 e. The second-order valence-electron chi connectivity index (χ2n) is 6.77. The van der Waals surface area contributed by atoms with Crippen LogP contribution in [0.5, 0.6) is 5.75 Å². The lowest BCUT2D eigenvalue weighted by molar-refractivity contribution is 0.0736. The highest BCUT2D eigenvalue weighted by molar-refractivity contribution is 8.13. The maximum Gasteiger partial charge on any atom is 0.343 e. The van der Waals surface area contributed by atoms with E-state index in [1.807, 2.05) is 60.7 Å². The smallest absolute Gasteiger partial charge is 0.343 e. The van der Waals surface area contributed by atoms with Gasteiger partial charge < -0.3 is 10.5 Å². The highest BCUT2D eigenvalue weighted by Crippen LogP contribution is 2.28. The zero-order chi connectivity index (χ0) is 22.2. The maximum atomic E-state index is 12.7. The van der Waals surface area contributed by atoms with E-state index in [0.717, 1.165) is 10.9 Å². The van der Waals surface area contributed by atoms with Crippen LogP contribution in [0.4, 0.5) is 0 Å². The van der Waals surface area contributed by atoms with Gasteiger partial charge in [0.15, 0.2) is 10.9 Å². The maximum absolute atomic E-state index is 12.7. The van der Waals surface area contributed by atoms with E-state index >= 15 is 0 Å². The van der Waals surface area contributed by atoms with Gasteiger partial charge in [0.1, 0.15) is 5.52 Å². The van der Waals surface area contributed by atoms with Gasteiger partial charge in [-0.25, -0.2) is 4.79 Å². The number of carbonyl (C=O) groups is 1. The number of amidine groups is 1. The number of pyridine rings is 1. The first-order valence-corrected chi connectivity index (χ1v) is 10.9. The Morgan fingerprint density at radius 1 is 0.969 bits per heavy atom. The molecule has 0 fully saturated rings. The number of aromatic nitrogens is 1. The van der Waals surface area contributed by atoms with Gasteiger partial charge in [-0.15, -0.1) is 5.10 Å². The van der Waals surface area contributed by atoms with E-state index < -0.39 is 5.97 Å². The summed E-state index contributed by atoms with van der Waals surface area (Å²) < 4.78 is 5.73. The SMILES string of the molecule is NC(=NN=Cc1ccc2cccnc2c1OC(=O)c1ccccc1)SCc1ccccc1. The minimum atomic E-state index is -0.472. The number of hydrogen-bond donors (Lipinski definition) is 1. The van der Waals surface area contributed by atoms with Crippen molar-refractivity contribution in [2.24, 2.45) is 15.9 Å². The first-order valence-electron chi connectivity index (χ1n) is 9.89. The molecule has 0 spiro atoms. The van der Waals surface area contributed by atoms with Crippen molar-refractivity contribution in [2.45, 2.75) is 5.75 Å². The van der Waals surface area contributed by atoms with Crippen LogP contribution in [0.15, 0.2) is 101 Å². The summed E-state index contributed by atoms with van der Waals surface area (Å²) in [5.74, 6) is 0.553. The zero-order valence-electron chi connectivity index (χ0n) is 17.1. The quantitative estimate of drug-likeness (QED) is 0.149. The molecule has 1 aromatic heterocycles. The highest BCUT2D eigenvalue weighted by Gasteiger charge is 2.15. The Kier molecular flexibility index (Phi) is 6.89. The molecule has 0 radical (unpaired) electrons. The van der Waals surface area contributed by atoms with Crippen molar-refractivity contribution in [1.29, 1.82) is 0 Å². The van der Waals surface area contributed by atoms with Gasteiger partial charge in [-0.2, -0.15) is 5.10 Å². The van der Waals surface area contributed by atoms with Crippen LogP contribution in [-0.2, 0) is 5.75 Å². The summed E-state index contributed by atoms with van der Waals surface area (Å²) in [6.07, 6.45) is 3.16. The Hall–Kier alpha value is -3.97. The molecule has 4 aromatic rings. The summed E-state index contributed by atoms with van der Waals surface area (Å²) in [7, 11) is 0. The molecule has 158 valence electrons. The van der Waals surface area contributed by atoms with E-state index in [2.05, 4.69) is 15.2 Å². The third-order valence-corrected chi connectivity index (χ3v) is 5.40. The van der Waals surface area contributed by atoms with Crippen molar-refractivity contribution in [2.75, 3.05) is 0 Å². The van der Waals surface area contributed by atoms with Gasteiger partial charge in [0.2, 0.25) is 0 Å². The Bertz CT molecular complexity index is 1280. The molecule has 0 aliphatic carbocycles. The summed E-state index contributed by atoms with van der Waals surface area (Å²) >= 11 is 1.40. The van der Waals surface area contributed by atoms with Crippen LogP contribution in [0.1, 0.15) is 21.5 Å². The van der Waals surface area contributed by atoms with Crippen molar-refractivity contribution in [1.82, 2.24) is 4.98 Å². The molecule has 0 saturated carbocycles. The van der Waals surface area contributed by atoms with Crippen LogP contribution in [0.2, 0.25) is 0 Å². The number of hydrogen-bond acceptors (Lipinski definition) is 6. The number of benzene rings is 3. The fourth-order valence-electron chi connectivity index (χ4n) is 2.98. The third-order valence-electron chi connectivity index (χ3n) is 4.55. The lowest BCUT2D eigenvalue weighted by Gasteiger charge is -2.10. The Morgan fingerprint density at radius 3 is 2.50 bits per heavy atom. The molecule has 7 heteroatoms. The molecule has 6 nitrogen and oxygen atoms in total. The Labute approximate surface area is 189 Å². The van der Waals surface area contributed by atoms with Gasteiger partial charge in [0.25, 0.3) is 0 Å². The van der Waals surface area contributed by atoms with Gasteiger partial charge in [0.05, 0.1) is 11.8 Å². The standard InChI is InChI=1S/C25H20N4O2S/c26-25(32-17-18-8-3-1-4-9-18)29-28-16-21-14-13-19-12-7-15-27-22(19)23(21)31-24(30)20-10-5-2-6-11-20/h1-16H,17H2,(H2,26,29). The lowest BCUT2D eigenvalue weighted by Crippen LogP contribution is -2.10. The van der Waals surface area contributed by atoms with Crippen molar-refractivity contribution in [3.8, 4) is 5.75 Å². The van der Waals surface area contributed by atoms with Crippen molar-refractivity contribution >= 4 is 40.0 Å². The molecule has 1 heterocycles. The minimum absolute atomic E-state index is 0.325. The van der Waals surface area contributed by atoms with E-state index in [1.54, 1.807) is 30.5 Å². The largest absolute Gasteiger partial charge is 0.420 e. The molecule has 0 atom stereocenters. The normalized spacial score (nSPS) is 11.7. The highest BCUT2D eigenvalue weighted by atomic mass is 32.2. The van der Waals surface area contributed by atoms with E-state index in [1.165, 1.54) is 18.0 Å². The van der Waals surface area contributed by atoms with Crippen LogP contribution < -0.4 is 10.5 Å². The fraction of sp³-hybridized carbons (Fsp3) is 0.0400. The van der Waals surface area contributed by atoms with Gasteiger partial charge in [0, 0.05) is 22.9 Å². The van der Waals surface area contributed by atoms with E-state index in [4.69, 9.17) is 10.5 Å². The van der Waals surface area contributed by atoms with Gasteiger partial charge in [-0.1, -0.05) is 72.4 Å². The van der Waals surface area contributed by atoms with Gasteiger partial charge in [-0.05, 0) is 29.8 Å². The third kappa shape index (κ3) is 5.39. The molecule has 0 aliphatic heterocycles. The summed E-state index contributed by atoms with van der Waals surface area (Å²) in [4.78, 5) is 17.1. The first-order chi connectivity index (χ1) is 15.7. The van der Waals surface area contributed by atoms with Gasteiger partial charge in [-0.3, -0.25) is 4.98 Å². The summed E-state index contributed by atoms with van der Waals surface area (Å²) in [6.45, 7) is 0. The molecule has 0 unspecified atom stereocenters. The number of ether oxygens (including phenoxy) is 1. The number of carbonyl (C=O) groups excluding carboxylic acids is 1. The van der Waals surface area contributed by atoms with Gasteiger partial charge >= 0.3 is 5.97 Å². The predicted molar refractivity (Wildman–Crippen MR) is 130 cm³/mol. The van der Waals surface area contributed by atoms with E-state index in [0.29, 0.717) is 33.3 Å². The predicted octanol–water partition coefficient (Wildman–Crippen LogP) is 5.04. The Morgan fingerprint density at radius 2 is 1.72 bits per heavy atom. The summed E-state index contributed by atoms with van der Waals surface area (Å²) in [5.41, 5.74) is 8.71. The first kappa shape index (κ1) is 21.3. The molecular formula is C25H20N4O2S. The van der Waals surface area contributed by atoms with Crippen molar-refractivity contribution in [3.05, 3.63) is 108 Å². The molecule has 0 aliphatic rings. The number of esters is 1. The number of rotatable bonds is 6. The number of nitrogens with two attached hydrogens (primary N) is 1. The molecule has 3 aromatic carbocycles. The number of nitrogens with zero attached hydrogens (tertiary/aromatic N) is 3. The van der Waals surface area contributed by atoms with E-state index in [-0.39, 0.29) is 0 Å². The molecule has 0 bridgehead atoms. The van der Waals surface area contributed by atoms with Crippen LogP contribution in [-0.4, -0.2) is 22.3 Å². The second-order valence-corrected chi connectivity index (χ2v) is 7.77. The number of thioether (sulfide) groups is 1. The molecule has 4 rings (SSSR count). The molecule has 0 saturated heterocycles. The zero-order valence-corrected chi connectivity index (χ0v) is 17.9. The molecule has 0 amide bonds. The fourth-order valence-corrected chi connectivity index (χ4v) is 3.59. The van der Waals surface area contributed by atoms with E-state index in [9.17, 15) is 4.79 Å². The van der Waals surface area contributed by atoms with Crippen LogP contribution in [0.25, 0.3) is 10.9 Å². The molecule has 2 N–H and O–H groups in total. The van der Waals surface area contributed by atoms with Crippen LogP contribution >= 0.6 is 11.8 Å². The average molecular weight is 441 g/mol. The summed E-state index contributed by atoms with van der Waals surface area (Å²) in [6, 6.07) is 26.2. The molecular weight excluding hydrogens is 420 g/mol. The second kappa shape index (κ2) is 10.4. The van der Waals surface area contributed by atoms with Crippen LogP contribution in [0, 0.1) is 0 Å². The lowest BCUT2D eigenvalue weighted by atomic mass is 10.1. The Balaban J connectivity index is 1.56. The van der Waals surface area contributed by atoms with Crippen molar-refractivity contribution in [3.63, 3.8) is 0 Å².